The molecule has 4 nitrogen and oxygen atoms in total. The van der Waals surface area contributed by atoms with Gasteiger partial charge in [-0.1, -0.05) is 0 Å². The summed E-state index contributed by atoms with van der Waals surface area (Å²) in [6.45, 7) is 3.86. The van der Waals surface area contributed by atoms with Crippen LogP contribution in [-0.2, 0) is 9.84 Å². The Morgan fingerprint density at radius 3 is 2.69 bits per heavy atom. The molecule has 2 unspecified atom stereocenters. The maximum absolute atomic E-state index is 11.4. The average Bonchev–Trinajstić information content (AvgIpc) is 2.69. The fourth-order valence-electron chi connectivity index (χ4n) is 2.02. The first-order valence-corrected chi connectivity index (χ1v) is 7.96. The first-order valence-electron chi connectivity index (χ1n) is 5.32. The SMILES string of the molecule is Cc1nc(C2CCS(=O)(=O)C2)sc1C(C)N. The van der Waals surface area contributed by atoms with Gasteiger partial charge in [0.2, 0.25) is 0 Å². The summed E-state index contributed by atoms with van der Waals surface area (Å²) in [6.07, 6.45) is 0.702. The fourth-order valence-corrected chi connectivity index (χ4v) is 5.02. The number of nitrogens with two attached hydrogens (primary N) is 1. The van der Waals surface area contributed by atoms with E-state index in [2.05, 4.69) is 4.98 Å². The van der Waals surface area contributed by atoms with E-state index in [1.165, 1.54) is 0 Å². The minimum atomic E-state index is -2.83. The van der Waals surface area contributed by atoms with Crippen molar-refractivity contribution < 1.29 is 8.42 Å². The molecule has 1 aromatic heterocycles. The van der Waals surface area contributed by atoms with Crippen molar-refractivity contribution in [1.29, 1.82) is 0 Å². The normalized spacial score (nSPS) is 25.8. The molecule has 0 spiro atoms. The predicted octanol–water partition coefficient (Wildman–Crippen LogP) is 1.37. The molecule has 0 radical (unpaired) electrons. The van der Waals surface area contributed by atoms with E-state index in [9.17, 15) is 8.42 Å². The smallest absolute Gasteiger partial charge is 0.151 e. The molecule has 1 fully saturated rings. The van der Waals surface area contributed by atoms with E-state index in [1.807, 2.05) is 13.8 Å². The zero-order valence-electron chi connectivity index (χ0n) is 9.43. The summed E-state index contributed by atoms with van der Waals surface area (Å²) < 4.78 is 22.8. The van der Waals surface area contributed by atoms with Crippen LogP contribution in [0, 0.1) is 6.92 Å². The van der Waals surface area contributed by atoms with Crippen LogP contribution in [0.3, 0.4) is 0 Å². The largest absolute Gasteiger partial charge is 0.323 e. The molecule has 0 amide bonds. The lowest BCUT2D eigenvalue weighted by atomic mass is 10.1. The number of nitrogens with zero attached hydrogens (tertiary/aromatic N) is 1. The van der Waals surface area contributed by atoms with Crippen molar-refractivity contribution in [2.75, 3.05) is 11.5 Å². The Hall–Kier alpha value is -0.460. The molecule has 0 aliphatic carbocycles. The van der Waals surface area contributed by atoms with E-state index < -0.39 is 9.84 Å². The Bertz CT molecular complexity index is 491. The highest BCUT2D eigenvalue weighted by atomic mass is 32.2. The third-order valence-electron chi connectivity index (χ3n) is 2.84. The van der Waals surface area contributed by atoms with Crippen molar-refractivity contribution in [3.8, 4) is 0 Å². The molecule has 90 valence electrons. The quantitative estimate of drug-likeness (QED) is 0.871. The second-order valence-electron chi connectivity index (χ2n) is 4.39. The lowest BCUT2D eigenvalue weighted by Crippen LogP contribution is -2.03. The summed E-state index contributed by atoms with van der Waals surface area (Å²) in [5, 5.41) is 0.936. The van der Waals surface area contributed by atoms with Crippen molar-refractivity contribution in [1.82, 2.24) is 4.98 Å². The number of aromatic nitrogens is 1. The molecule has 2 rings (SSSR count). The molecule has 0 bridgehead atoms. The molecule has 16 heavy (non-hydrogen) atoms. The topological polar surface area (TPSA) is 73.0 Å². The average molecular weight is 260 g/mol. The van der Waals surface area contributed by atoms with Crippen LogP contribution < -0.4 is 5.73 Å². The molecule has 0 saturated carbocycles. The molecule has 2 N–H and O–H groups in total. The molecular weight excluding hydrogens is 244 g/mol. The zero-order chi connectivity index (χ0) is 11.9. The van der Waals surface area contributed by atoms with Crippen molar-refractivity contribution in [2.24, 2.45) is 5.73 Å². The van der Waals surface area contributed by atoms with Gasteiger partial charge in [-0.05, 0) is 20.3 Å². The van der Waals surface area contributed by atoms with E-state index in [4.69, 9.17) is 5.73 Å². The third-order valence-corrected chi connectivity index (χ3v) is 6.13. The number of hydrogen-bond donors (Lipinski definition) is 1. The second-order valence-corrected chi connectivity index (χ2v) is 7.68. The molecule has 1 saturated heterocycles. The molecule has 1 aliphatic heterocycles. The van der Waals surface area contributed by atoms with Gasteiger partial charge in [0, 0.05) is 16.8 Å². The number of rotatable bonds is 2. The predicted molar refractivity (Wildman–Crippen MR) is 65.5 cm³/mol. The van der Waals surface area contributed by atoms with Gasteiger partial charge >= 0.3 is 0 Å². The van der Waals surface area contributed by atoms with Gasteiger partial charge in [0.15, 0.2) is 9.84 Å². The maximum atomic E-state index is 11.4. The van der Waals surface area contributed by atoms with E-state index >= 15 is 0 Å². The van der Waals surface area contributed by atoms with Crippen LogP contribution in [0.1, 0.15) is 40.9 Å². The van der Waals surface area contributed by atoms with E-state index in [-0.39, 0.29) is 17.7 Å². The number of sulfone groups is 1. The minimum Gasteiger partial charge on any atom is -0.323 e. The highest BCUT2D eigenvalue weighted by molar-refractivity contribution is 7.91. The summed E-state index contributed by atoms with van der Waals surface area (Å²) in [5.74, 6) is 0.628. The summed E-state index contributed by atoms with van der Waals surface area (Å²) in [4.78, 5) is 5.52. The molecule has 1 aromatic rings. The lowest BCUT2D eigenvalue weighted by molar-refractivity contribution is 0.601. The first kappa shape index (κ1) is 12.0. The van der Waals surface area contributed by atoms with Crippen LogP contribution in [0.15, 0.2) is 0 Å². The summed E-state index contributed by atoms with van der Waals surface area (Å²) in [7, 11) is -2.83. The Balaban J connectivity index is 2.26. The van der Waals surface area contributed by atoms with Gasteiger partial charge < -0.3 is 5.73 Å². The summed E-state index contributed by atoms with van der Waals surface area (Å²) in [5.41, 5.74) is 6.78. The monoisotopic (exact) mass is 260 g/mol. The lowest BCUT2D eigenvalue weighted by Gasteiger charge is -2.02. The van der Waals surface area contributed by atoms with Crippen molar-refractivity contribution in [3.05, 3.63) is 15.6 Å². The molecule has 1 aliphatic rings. The van der Waals surface area contributed by atoms with E-state index in [0.717, 1.165) is 15.6 Å². The second kappa shape index (κ2) is 4.09. The van der Waals surface area contributed by atoms with Crippen molar-refractivity contribution in [2.45, 2.75) is 32.2 Å². The van der Waals surface area contributed by atoms with Crippen LogP contribution in [0.5, 0.6) is 0 Å². The first-order chi connectivity index (χ1) is 7.39. The van der Waals surface area contributed by atoms with Gasteiger partial charge in [-0.25, -0.2) is 13.4 Å². The van der Waals surface area contributed by atoms with E-state index in [1.54, 1.807) is 11.3 Å². The highest BCUT2D eigenvalue weighted by Gasteiger charge is 2.31. The number of hydrogen-bond acceptors (Lipinski definition) is 5. The Morgan fingerprint density at radius 1 is 1.56 bits per heavy atom. The van der Waals surface area contributed by atoms with E-state index in [0.29, 0.717) is 12.2 Å². The van der Waals surface area contributed by atoms with Gasteiger partial charge in [-0.3, -0.25) is 0 Å². The number of aryl methyl sites for hydroxylation is 1. The zero-order valence-corrected chi connectivity index (χ0v) is 11.1. The highest BCUT2D eigenvalue weighted by Crippen LogP contribution is 2.34. The number of thiazole rings is 1. The molecule has 6 heteroatoms. The Kier molecular flexibility index (Phi) is 3.07. The molecule has 2 atom stereocenters. The minimum absolute atomic E-state index is 0.0238. The van der Waals surface area contributed by atoms with Crippen molar-refractivity contribution in [3.63, 3.8) is 0 Å². The Morgan fingerprint density at radius 2 is 2.25 bits per heavy atom. The molecule has 0 aromatic carbocycles. The van der Waals surface area contributed by atoms with Crippen LogP contribution in [0.25, 0.3) is 0 Å². The molecular formula is C10H16N2O2S2. The van der Waals surface area contributed by atoms with Crippen LogP contribution in [0.2, 0.25) is 0 Å². The van der Waals surface area contributed by atoms with Crippen LogP contribution >= 0.6 is 11.3 Å². The van der Waals surface area contributed by atoms with Crippen LogP contribution in [-0.4, -0.2) is 24.9 Å². The van der Waals surface area contributed by atoms with Gasteiger partial charge in [0.1, 0.15) is 0 Å². The standard InChI is InChI=1S/C10H16N2O2S2/c1-6(11)9-7(2)12-10(15-9)8-3-4-16(13,14)5-8/h6,8H,3-5,11H2,1-2H3. The Labute approximate surface area is 99.8 Å². The van der Waals surface area contributed by atoms with Gasteiger partial charge in [-0.2, -0.15) is 0 Å². The van der Waals surface area contributed by atoms with Gasteiger partial charge in [-0.15, -0.1) is 11.3 Å². The molecule has 2 heterocycles. The van der Waals surface area contributed by atoms with Crippen molar-refractivity contribution >= 4 is 21.2 Å². The fraction of sp³-hybridized carbons (Fsp3) is 0.700. The van der Waals surface area contributed by atoms with Crippen LogP contribution in [0.4, 0.5) is 0 Å². The third kappa shape index (κ3) is 2.28. The van der Waals surface area contributed by atoms with Gasteiger partial charge in [0.25, 0.3) is 0 Å². The summed E-state index contributed by atoms with van der Waals surface area (Å²) >= 11 is 1.57. The maximum Gasteiger partial charge on any atom is 0.151 e. The van der Waals surface area contributed by atoms with Gasteiger partial charge in [0.05, 0.1) is 22.2 Å². The summed E-state index contributed by atoms with van der Waals surface area (Å²) in [6, 6.07) is -0.0238.